The molecule has 0 atom stereocenters. The molecule has 0 saturated heterocycles. The van der Waals surface area contributed by atoms with E-state index >= 15 is 0 Å². The fourth-order valence-corrected chi connectivity index (χ4v) is 4.29. The van der Waals surface area contributed by atoms with Gasteiger partial charge >= 0.3 is 0 Å². The zero-order valence-electron chi connectivity index (χ0n) is 9.77. The largest absolute Gasteiger partial charge is 0.382 e. The van der Waals surface area contributed by atoms with Crippen molar-refractivity contribution in [3.8, 4) is 0 Å². The minimum absolute atomic E-state index is 0.103. The van der Waals surface area contributed by atoms with Crippen LogP contribution in [0, 0.1) is 5.92 Å². The van der Waals surface area contributed by atoms with Crippen molar-refractivity contribution in [2.45, 2.75) is 30.6 Å². The highest BCUT2D eigenvalue weighted by atomic mass is 32.2. The van der Waals surface area contributed by atoms with E-state index in [4.69, 9.17) is 5.73 Å². The van der Waals surface area contributed by atoms with Gasteiger partial charge in [-0.3, -0.25) is 0 Å². The van der Waals surface area contributed by atoms with E-state index in [2.05, 4.69) is 9.69 Å². The lowest BCUT2D eigenvalue weighted by Crippen LogP contribution is -2.12. The first-order valence-corrected chi connectivity index (χ1v) is 8.34. The van der Waals surface area contributed by atoms with Crippen LogP contribution in [0.25, 0.3) is 0 Å². The number of hydrogen-bond donors (Lipinski definition) is 2. The van der Waals surface area contributed by atoms with Crippen molar-refractivity contribution in [1.29, 1.82) is 0 Å². The van der Waals surface area contributed by atoms with Crippen molar-refractivity contribution < 1.29 is 8.42 Å². The number of nitrogens with one attached hydrogen (secondary N) is 1. The van der Waals surface area contributed by atoms with Crippen LogP contribution in [0.15, 0.2) is 4.90 Å². The van der Waals surface area contributed by atoms with Crippen LogP contribution in [-0.2, 0) is 9.84 Å². The molecule has 1 aliphatic carbocycles. The van der Waals surface area contributed by atoms with E-state index in [1.165, 1.54) is 25.7 Å². The molecule has 17 heavy (non-hydrogen) atoms. The molecule has 1 aromatic rings. The van der Waals surface area contributed by atoms with Gasteiger partial charge in [-0.2, -0.15) is 4.37 Å². The van der Waals surface area contributed by atoms with E-state index in [1.54, 1.807) is 0 Å². The summed E-state index contributed by atoms with van der Waals surface area (Å²) in [5, 5.41) is 3.76. The molecule has 2 rings (SSSR count). The second kappa shape index (κ2) is 4.81. The zero-order chi connectivity index (χ0) is 12.5. The van der Waals surface area contributed by atoms with E-state index in [0.29, 0.717) is 10.9 Å². The Morgan fingerprint density at radius 3 is 2.71 bits per heavy atom. The maximum Gasteiger partial charge on any atom is 0.182 e. The van der Waals surface area contributed by atoms with Crippen LogP contribution < -0.4 is 11.1 Å². The number of nitrogens with two attached hydrogens (primary N) is 1. The van der Waals surface area contributed by atoms with Crippen molar-refractivity contribution in [1.82, 2.24) is 4.37 Å². The Labute approximate surface area is 105 Å². The van der Waals surface area contributed by atoms with Crippen molar-refractivity contribution in [2.24, 2.45) is 5.92 Å². The Morgan fingerprint density at radius 1 is 1.47 bits per heavy atom. The summed E-state index contributed by atoms with van der Waals surface area (Å²) >= 11 is 1.12. The second-order valence-electron chi connectivity index (χ2n) is 4.53. The normalized spacial score (nSPS) is 17.5. The number of hydrogen-bond acceptors (Lipinski definition) is 6. The molecular formula is C10H17N3O2S2. The number of anilines is 2. The average molecular weight is 275 g/mol. The molecule has 3 N–H and O–H groups in total. The minimum Gasteiger partial charge on any atom is -0.382 e. The van der Waals surface area contributed by atoms with E-state index in [-0.39, 0.29) is 10.7 Å². The van der Waals surface area contributed by atoms with Crippen molar-refractivity contribution in [3.63, 3.8) is 0 Å². The minimum atomic E-state index is -3.31. The van der Waals surface area contributed by atoms with Gasteiger partial charge in [0.25, 0.3) is 0 Å². The van der Waals surface area contributed by atoms with Gasteiger partial charge in [0.1, 0.15) is 9.90 Å². The molecule has 0 aromatic carbocycles. The van der Waals surface area contributed by atoms with Crippen LogP contribution >= 0.6 is 11.5 Å². The second-order valence-corrected chi connectivity index (χ2v) is 7.26. The molecule has 1 aromatic heterocycles. The quantitative estimate of drug-likeness (QED) is 0.874. The SMILES string of the molecule is CS(=O)(=O)c1c(N)nsc1NCC1CCCC1. The van der Waals surface area contributed by atoms with E-state index in [9.17, 15) is 8.42 Å². The van der Waals surface area contributed by atoms with Crippen LogP contribution in [0.1, 0.15) is 25.7 Å². The fraction of sp³-hybridized carbons (Fsp3) is 0.700. The fourth-order valence-electron chi connectivity index (χ4n) is 2.22. The maximum absolute atomic E-state index is 11.6. The van der Waals surface area contributed by atoms with Gasteiger partial charge in [-0.25, -0.2) is 8.42 Å². The highest BCUT2D eigenvalue weighted by molar-refractivity contribution is 7.91. The Morgan fingerprint density at radius 2 is 2.12 bits per heavy atom. The third-order valence-electron chi connectivity index (χ3n) is 3.07. The van der Waals surface area contributed by atoms with E-state index in [1.807, 2.05) is 0 Å². The Bertz CT molecular complexity index is 490. The smallest absolute Gasteiger partial charge is 0.182 e. The van der Waals surface area contributed by atoms with Crippen molar-refractivity contribution in [3.05, 3.63) is 0 Å². The summed E-state index contributed by atoms with van der Waals surface area (Å²) in [5.41, 5.74) is 5.59. The number of aromatic nitrogens is 1. The molecule has 7 heteroatoms. The summed E-state index contributed by atoms with van der Waals surface area (Å²) in [6.45, 7) is 0.810. The van der Waals surface area contributed by atoms with Crippen LogP contribution in [0.5, 0.6) is 0 Å². The molecule has 0 radical (unpaired) electrons. The number of sulfone groups is 1. The van der Waals surface area contributed by atoms with Crippen LogP contribution in [0.2, 0.25) is 0 Å². The first-order valence-electron chi connectivity index (χ1n) is 5.67. The highest BCUT2D eigenvalue weighted by Gasteiger charge is 2.22. The summed E-state index contributed by atoms with van der Waals surface area (Å²) in [6, 6.07) is 0. The standard InChI is InChI=1S/C10H17N3O2S2/c1-17(14,15)8-9(11)13-16-10(8)12-6-7-4-2-3-5-7/h7,12H,2-6H2,1H3,(H2,11,13). The molecule has 1 aliphatic rings. The lowest BCUT2D eigenvalue weighted by molar-refractivity contribution is 0.579. The molecule has 0 unspecified atom stereocenters. The third kappa shape index (κ3) is 2.90. The molecule has 5 nitrogen and oxygen atoms in total. The number of nitrogens with zero attached hydrogens (tertiary/aromatic N) is 1. The molecule has 0 spiro atoms. The number of nitrogen functional groups attached to an aromatic ring is 1. The van der Waals surface area contributed by atoms with E-state index < -0.39 is 9.84 Å². The van der Waals surface area contributed by atoms with Gasteiger partial charge in [0, 0.05) is 12.8 Å². The number of rotatable bonds is 4. The van der Waals surface area contributed by atoms with Crippen LogP contribution in [0.4, 0.5) is 10.8 Å². The first kappa shape index (κ1) is 12.6. The summed E-state index contributed by atoms with van der Waals surface area (Å²) in [5.74, 6) is 0.747. The lowest BCUT2D eigenvalue weighted by atomic mass is 10.1. The first-order chi connectivity index (χ1) is 7.98. The van der Waals surface area contributed by atoms with Gasteiger partial charge in [-0.15, -0.1) is 0 Å². The third-order valence-corrected chi connectivity index (χ3v) is 5.17. The van der Waals surface area contributed by atoms with Gasteiger partial charge in [0.05, 0.1) is 0 Å². The molecule has 1 heterocycles. The maximum atomic E-state index is 11.6. The summed E-state index contributed by atoms with van der Waals surface area (Å²) in [4.78, 5) is 0.153. The van der Waals surface area contributed by atoms with Crippen molar-refractivity contribution >= 4 is 32.2 Å². The molecule has 0 amide bonds. The predicted molar refractivity (Wildman–Crippen MR) is 70.1 cm³/mol. The summed E-state index contributed by atoms with van der Waals surface area (Å²) in [6.07, 6.45) is 6.14. The molecule has 96 valence electrons. The summed E-state index contributed by atoms with van der Waals surface area (Å²) in [7, 11) is -3.31. The van der Waals surface area contributed by atoms with Gasteiger partial charge in [0.2, 0.25) is 0 Å². The molecule has 1 saturated carbocycles. The predicted octanol–water partition coefficient (Wildman–Crippen LogP) is 1.73. The highest BCUT2D eigenvalue weighted by Crippen LogP contribution is 2.32. The molecule has 0 aliphatic heterocycles. The van der Waals surface area contributed by atoms with Crippen LogP contribution in [-0.4, -0.2) is 25.6 Å². The Hall–Kier alpha value is -0.820. The lowest BCUT2D eigenvalue weighted by Gasteiger charge is -2.10. The topological polar surface area (TPSA) is 85.1 Å². The zero-order valence-corrected chi connectivity index (χ0v) is 11.4. The molecule has 1 fully saturated rings. The van der Waals surface area contributed by atoms with E-state index in [0.717, 1.165) is 24.3 Å². The molecular weight excluding hydrogens is 258 g/mol. The van der Waals surface area contributed by atoms with Crippen molar-refractivity contribution in [2.75, 3.05) is 23.9 Å². The van der Waals surface area contributed by atoms with Crippen LogP contribution in [0.3, 0.4) is 0 Å². The van der Waals surface area contributed by atoms with Gasteiger partial charge in [-0.1, -0.05) is 12.8 Å². The van der Waals surface area contributed by atoms with Gasteiger partial charge < -0.3 is 11.1 Å². The molecule has 0 bridgehead atoms. The summed E-state index contributed by atoms with van der Waals surface area (Å²) < 4.78 is 27.1. The Kier molecular flexibility index (Phi) is 3.58. The monoisotopic (exact) mass is 275 g/mol. The van der Waals surface area contributed by atoms with Gasteiger partial charge in [0.15, 0.2) is 15.7 Å². The van der Waals surface area contributed by atoms with Gasteiger partial charge in [-0.05, 0) is 30.3 Å². The Balaban J connectivity index is 2.10. The average Bonchev–Trinajstić information content (AvgIpc) is 2.82.